The Hall–Kier alpha value is -0.960. The lowest BCUT2D eigenvalue weighted by atomic mass is 10.00. The van der Waals surface area contributed by atoms with Crippen molar-refractivity contribution in [1.29, 1.82) is 0 Å². The van der Waals surface area contributed by atoms with Crippen molar-refractivity contribution in [2.75, 3.05) is 13.6 Å². The largest absolute Gasteiger partial charge is 0.319 e. The lowest BCUT2D eigenvalue weighted by molar-refractivity contribution is 0.515. The molecule has 0 aromatic carbocycles. The average molecular weight is 289 g/mol. The third-order valence-corrected chi connectivity index (χ3v) is 4.97. The molecule has 1 N–H and O–H groups in total. The zero-order valence-electron chi connectivity index (χ0n) is 14.2. The van der Waals surface area contributed by atoms with Crippen molar-refractivity contribution in [3.63, 3.8) is 0 Å². The minimum Gasteiger partial charge on any atom is -0.319 e. The van der Waals surface area contributed by atoms with Gasteiger partial charge in [-0.1, -0.05) is 27.2 Å². The Kier molecular flexibility index (Phi) is 6.16. The van der Waals surface area contributed by atoms with Crippen LogP contribution in [0.4, 0.5) is 0 Å². The molecular formula is C18H31N3. The van der Waals surface area contributed by atoms with Crippen molar-refractivity contribution < 1.29 is 0 Å². The molecule has 0 saturated heterocycles. The first-order valence-corrected chi connectivity index (χ1v) is 8.76. The first-order chi connectivity index (χ1) is 10.2. The van der Waals surface area contributed by atoms with Crippen molar-refractivity contribution >= 4 is 0 Å². The molecule has 1 saturated carbocycles. The van der Waals surface area contributed by atoms with Gasteiger partial charge in [0.2, 0.25) is 0 Å². The maximum atomic E-state index is 4.96. The Morgan fingerprint density at radius 1 is 1.05 bits per heavy atom. The van der Waals surface area contributed by atoms with Crippen LogP contribution in [-0.4, -0.2) is 23.6 Å². The Balaban J connectivity index is 2.27. The number of hydrogen-bond donors (Lipinski definition) is 1. The number of likely N-dealkylation sites (N-methyl/N-ethyl adjacent to an activating group) is 1. The zero-order valence-corrected chi connectivity index (χ0v) is 14.2. The van der Waals surface area contributed by atoms with Gasteiger partial charge < -0.3 is 5.32 Å². The van der Waals surface area contributed by atoms with Gasteiger partial charge in [0.25, 0.3) is 0 Å². The molecule has 3 heteroatoms. The number of nitrogens with one attached hydrogen (secondary N) is 1. The summed E-state index contributed by atoms with van der Waals surface area (Å²) < 4.78 is 0. The van der Waals surface area contributed by atoms with Crippen molar-refractivity contribution in [3.8, 4) is 0 Å². The van der Waals surface area contributed by atoms with Gasteiger partial charge in [0.15, 0.2) is 0 Å². The summed E-state index contributed by atoms with van der Waals surface area (Å²) in [6.07, 6.45) is 8.31. The third-order valence-electron chi connectivity index (χ3n) is 4.97. The van der Waals surface area contributed by atoms with Crippen LogP contribution < -0.4 is 5.32 Å². The van der Waals surface area contributed by atoms with Crippen LogP contribution in [0.3, 0.4) is 0 Å². The van der Waals surface area contributed by atoms with E-state index in [0.717, 1.165) is 37.5 Å². The molecule has 1 heterocycles. The molecule has 1 aliphatic carbocycles. The number of rotatable bonds is 7. The Labute approximate surface area is 130 Å². The van der Waals surface area contributed by atoms with E-state index in [2.05, 4.69) is 26.1 Å². The molecule has 1 aromatic heterocycles. The highest BCUT2D eigenvalue weighted by molar-refractivity contribution is 5.28. The first kappa shape index (κ1) is 16.4. The molecule has 1 fully saturated rings. The maximum absolute atomic E-state index is 4.96. The van der Waals surface area contributed by atoms with E-state index in [1.807, 2.05) is 7.05 Å². The molecule has 0 bridgehead atoms. The predicted octanol–water partition coefficient (Wildman–Crippen LogP) is 3.66. The van der Waals surface area contributed by atoms with E-state index in [1.54, 1.807) is 0 Å². The highest BCUT2D eigenvalue weighted by Gasteiger charge is 2.27. The van der Waals surface area contributed by atoms with Crippen LogP contribution in [0.15, 0.2) is 0 Å². The molecule has 0 radical (unpaired) electrons. The summed E-state index contributed by atoms with van der Waals surface area (Å²) in [5, 5.41) is 3.25. The maximum Gasteiger partial charge on any atom is 0.131 e. The fraction of sp³-hybridized carbons (Fsp3) is 0.778. The topological polar surface area (TPSA) is 37.8 Å². The normalized spacial score (nSPS) is 21.9. The Bertz CT molecular complexity index is 431. The average Bonchev–Trinajstić information content (AvgIpc) is 3.01. The third kappa shape index (κ3) is 3.82. The van der Waals surface area contributed by atoms with Crippen LogP contribution in [-0.2, 0) is 19.3 Å². The summed E-state index contributed by atoms with van der Waals surface area (Å²) in [6.45, 7) is 7.75. The summed E-state index contributed by atoms with van der Waals surface area (Å²) in [5.74, 6) is 2.62. The van der Waals surface area contributed by atoms with E-state index in [0.29, 0.717) is 5.92 Å². The molecule has 1 aromatic rings. The van der Waals surface area contributed by atoms with E-state index in [9.17, 15) is 0 Å². The molecule has 0 aliphatic heterocycles. The summed E-state index contributed by atoms with van der Waals surface area (Å²) >= 11 is 0. The number of nitrogens with zero attached hydrogens (tertiary/aromatic N) is 2. The molecule has 1 aliphatic rings. The standard InChI is InChI=1S/C18H31N3/c1-5-13-8-9-14(12-13)18-20-16(6-2)15(10-11-19-4)17(7-3)21-18/h13-14,19H,5-12H2,1-4H3. The van der Waals surface area contributed by atoms with Crippen LogP contribution in [0, 0.1) is 5.92 Å². The summed E-state index contributed by atoms with van der Waals surface area (Å²) in [5.41, 5.74) is 3.96. The van der Waals surface area contributed by atoms with Gasteiger partial charge in [0.1, 0.15) is 5.82 Å². The second kappa shape index (κ2) is 7.88. The molecule has 21 heavy (non-hydrogen) atoms. The van der Waals surface area contributed by atoms with Gasteiger partial charge in [-0.3, -0.25) is 0 Å². The first-order valence-electron chi connectivity index (χ1n) is 8.76. The smallest absolute Gasteiger partial charge is 0.131 e. The minimum atomic E-state index is 0.601. The predicted molar refractivity (Wildman–Crippen MR) is 88.8 cm³/mol. The van der Waals surface area contributed by atoms with E-state index < -0.39 is 0 Å². The summed E-state index contributed by atoms with van der Waals surface area (Å²) in [6, 6.07) is 0. The van der Waals surface area contributed by atoms with Crippen LogP contribution in [0.1, 0.15) is 75.1 Å². The van der Waals surface area contributed by atoms with E-state index in [1.165, 1.54) is 42.6 Å². The summed E-state index contributed by atoms with van der Waals surface area (Å²) in [7, 11) is 2.01. The number of aryl methyl sites for hydroxylation is 2. The van der Waals surface area contributed by atoms with Crippen molar-refractivity contribution in [2.45, 2.75) is 71.6 Å². The van der Waals surface area contributed by atoms with E-state index in [4.69, 9.17) is 9.97 Å². The van der Waals surface area contributed by atoms with Gasteiger partial charge in [-0.2, -0.15) is 0 Å². The van der Waals surface area contributed by atoms with Crippen molar-refractivity contribution in [3.05, 3.63) is 22.8 Å². The van der Waals surface area contributed by atoms with Crippen molar-refractivity contribution in [1.82, 2.24) is 15.3 Å². The molecule has 3 nitrogen and oxygen atoms in total. The van der Waals surface area contributed by atoms with Gasteiger partial charge in [0, 0.05) is 17.3 Å². The Morgan fingerprint density at radius 3 is 2.19 bits per heavy atom. The van der Waals surface area contributed by atoms with E-state index >= 15 is 0 Å². The molecule has 0 spiro atoms. The molecule has 118 valence electrons. The Morgan fingerprint density at radius 2 is 1.71 bits per heavy atom. The number of hydrogen-bond acceptors (Lipinski definition) is 3. The quantitative estimate of drug-likeness (QED) is 0.832. The molecular weight excluding hydrogens is 258 g/mol. The minimum absolute atomic E-state index is 0.601. The van der Waals surface area contributed by atoms with Crippen molar-refractivity contribution in [2.24, 2.45) is 5.92 Å². The zero-order chi connectivity index (χ0) is 15.2. The highest BCUT2D eigenvalue weighted by atomic mass is 14.9. The monoisotopic (exact) mass is 289 g/mol. The van der Waals surface area contributed by atoms with E-state index in [-0.39, 0.29) is 0 Å². The SMILES string of the molecule is CCc1nc(C2CCC(CC)C2)nc(CC)c1CCNC. The lowest BCUT2D eigenvalue weighted by Gasteiger charge is -2.17. The second-order valence-electron chi connectivity index (χ2n) is 6.30. The second-order valence-corrected chi connectivity index (χ2v) is 6.30. The highest BCUT2D eigenvalue weighted by Crippen LogP contribution is 2.38. The van der Waals surface area contributed by atoms with Gasteiger partial charge in [-0.05, 0) is 63.6 Å². The molecule has 2 atom stereocenters. The van der Waals surface area contributed by atoms with Gasteiger partial charge >= 0.3 is 0 Å². The lowest BCUT2D eigenvalue weighted by Crippen LogP contribution is -2.17. The molecule has 2 unspecified atom stereocenters. The van der Waals surface area contributed by atoms with Crippen LogP contribution >= 0.6 is 0 Å². The van der Waals surface area contributed by atoms with Gasteiger partial charge in [-0.15, -0.1) is 0 Å². The van der Waals surface area contributed by atoms with Crippen LogP contribution in [0.2, 0.25) is 0 Å². The molecule has 2 rings (SSSR count). The summed E-state index contributed by atoms with van der Waals surface area (Å²) in [4.78, 5) is 9.93. The van der Waals surface area contributed by atoms with Crippen LogP contribution in [0.5, 0.6) is 0 Å². The fourth-order valence-electron chi connectivity index (χ4n) is 3.59. The van der Waals surface area contributed by atoms with Gasteiger partial charge in [0.05, 0.1) is 0 Å². The van der Waals surface area contributed by atoms with Crippen LogP contribution in [0.25, 0.3) is 0 Å². The van der Waals surface area contributed by atoms with Gasteiger partial charge in [-0.25, -0.2) is 9.97 Å². The number of aromatic nitrogens is 2. The molecule has 0 amide bonds. The fourth-order valence-corrected chi connectivity index (χ4v) is 3.59.